The van der Waals surface area contributed by atoms with E-state index in [9.17, 15) is 4.79 Å². The maximum Gasteiger partial charge on any atom is 0.356 e. The van der Waals surface area contributed by atoms with Crippen molar-refractivity contribution in [3.05, 3.63) is 34.9 Å². The third kappa shape index (κ3) is 2.89. The van der Waals surface area contributed by atoms with Gasteiger partial charge in [-0.1, -0.05) is 28.8 Å². The average molecular weight is 280 g/mol. The quantitative estimate of drug-likeness (QED) is 0.667. The molecule has 2 aromatic rings. The number of rotatable bonds is 3. The second-order valence-corrected chi connectivity index (χ2v) is 3.96. The Balaban J connectivity index is 2.47. The standard InChI is InChI=1S/C11H10ClN5O2/c1-19-10(18)9(17-11(13)14-15-16-17)6-7-2-4-8(12)5-3-7/h2-6H,1H3,(H2,13,14,16)/b9-6-. The summed E-state index contributed by atoms with van der Waals surface area (Å²) in [7, 11) is 1.26. The molecule has 8 heteroatoms. The molecule has 19 heavy (non-hydrogen) atoms. The highest BCUT2D eigenvalue weighted by molar-refractivity contribution is 6.30. The summed E-state index contributed by atoms with van der Waals surface area (Å²) in [6, 6.07) is 6.88. The highest BCUT2D eigenvalue weighted by Gasteiger charge is 2.16. The molecule has 0 aliphatic carbocycles. The first-order valence-electron chi connectivity index (χ1n) is 5.21. The lowest BCUT2D eigenvalue weighted by Crippen LogP contribution is -2.14. The van der Waals surface area contributed by atoms with Crippen LogP contribution < -0.4 is 5.73 Å². The van der Waals surface area contributed by atoms with Crippen molar-refractivity contribution < 1.29 is 9.53 Å². The fraction of sp³-hybridized carbons (Fsp3) is 0.0909. The van der Waals surface area contributed by atoms with E-state index >= 15 is 0 Å². The number of hydrogen-bond donors (Lipinski definition) is 1. The first kappa shape index (κ1) is 13.0. The number of carbonyl (C=O) groups excluding carboxylic acids is 1. The van der Waals surface area contributed by atoms with Crippen LogP contribution in [0.2, 0.25) is 5.02 Å². The van der Waals surface area contributed by atoms with Gasteiger partial charge in [-0.2, -0.15) is 4.68 Å². The normalized spacial score (nSPS) is 11.4. The number of benzene rings is 1. The number of nitrogens with zero attached hydrogens (tertiary/aromatic N) is 4. The third-order valence-corrected chi connectivity index (χ3v) is 2.54. The minimum absolute atomic E-state index is 0.00869. The minimum atomic E-state index is -0.603. The lowest BCUT2D eigenvalue weighted by Gasteiger charge is -2.05. The van der Waals surface area contributed by atoms with E-state index in [-0.39, 0.29) is 11.6 Å². The maximum atomic E-state index is 11.7. The summed E-state index contributed by atoms with van der Waals surface area (Å²) in [6.45, 7) is 0. The summed E-state index contributed by atoms with van der Waals surface area (Å²) in [6.07, 6.45) is 1.55. The molecule has 2 N–H and O–H groups in total. The lowest BCUT2D eigenvalue weighted by atomic mass is 10.2. The van der Waals surface area contributed by atoms with Crippen molar-refractivity contribution in [3.63, 3.8) is 0 Å². The van der Waals surface area contributed by atoms with Crippen molar-refractivity contribution in [2.75, 3.05) is 12.8 Å². The number of carbonyl (C=O) groups is 1. The van der Waals surface area contributed by atoms with Crippen LogP contribution in [-0.2, 0) is 9.53 Å². The van der Waals surface area contributed by atoms with E-state index in [1.165, 1.54) is 7.11 Å². The van der Waals surface area contributed by atoms with Gasteiger partial charge in [0.2, 0.25) is 5.95 Å². The number of esters is 1. The molecule has 0 amide bonds. The molecule has 1 aromatic carbocycles. The van der Waals surface area contributed by atoms with Crippen LogP contribution in [0.1, 0.15) is 5.56 Å². The predicted octanol–water partition coefficient (Wildman–Crippen LogP) is 1.08. The van der Waals surface area contributed by atoms with Gasteiger partial charge in [0, 0.05) is 5.02 Å². The van der Waals surface area contributed by atoms with Gasteiger partial charge in [0.15, 0.2) is 5.70 Å². The molecule has 1 heterocycles. The first-order chi connectivity index (χ1) is 9.11. The summed E-state index contributed by atoms with van der Waals surface area (Å²) >= 11 is 5.79. The summed E-state index contributed by atoms with van der Waals surface area (Å²) < 4.78 is 5.78. The molecule has 0 spiro atoms. The van der Waals surface area contributed by atoms with Gasteiger partial charge in [0.1, 0.15) is 0 Å². The highest BCUT2D eigenvalue weighted by Crippen LogP contribution is 2.16. The smallest absolute Gasteiger partial charge is 0.356 e. The monoisotopic (exact) mass is 279 g/mol. The van der Waals surface area contributed by atoms with Crippen molar-refractivity contribution in [2.24, 2.45) is 0 Å². The number of halogens is 1. The van der Waals surface area contributed by atoms with Gasteiger partial charge in [-0.15, -0.1) is 0 Å². The van der Waals surface area contributed by atoms with Crippen LogP contribution >= 0.6 is 11.6 Å². The van der Waals surface area contributed by atoms with E-state index in [0.717, 1.165) is 10.2 Å². The number of aromatic nitrogens is 4. The van der Waals surface area contributed by atoms with Crippen molar-refractivity contribution in [1.29, 1.82) is 0 Å². The summed E-state index contributed by atoms with van der Waals surface area (Å²) in [4.78, 5) is 11.7. The fourth-order valence-corrected chi connectivity index (χ4v) is 1.52. The molecular formula is C11H10ClN5O2. The van der Waals surface area contributed by atoms with Gasteiger partial charge in [-0.25, -0.2) is 4.79 Å². The molecule has 98 valence electrons. The van der Waals surface area contributed by atoms with Gasteiger partial charge in [0.05, 0.1) is 7.11 Å². The molecule has 0 saturated carbocycles. The van der Waals surface area contributed by atoms with Crippen LogP contribution in [0.15, 0.2) is 24.3 Å². The van der Waals surface area contributed by atoms with E-state index in [1.54, 1.807) is 30.3 Å². The zero-order valence-electron chi connectivity index (χ0n) is 9.95. The zero-order valence-corrected chi connectivity index (χ0v) is 10.7. The van der Waals surface area contributed by atoms with E-state index in [1.807, 2.05) is 0 Å². The Hall–Kier alpha value is -2.41. The van der Waals surface area contributed by atoms with Gasteiger partial charge in [0.25, 0.3) is 0 Å². The number of nitrogens with two attached hydrogens (primary N) is 1. The second kappa shape index (κ2) is 5.49. The summed E-state index contributed by atoms with van der Waals surface area (Å²) in [5.74, 6) is -0.612. The SMILES string of the molecule is COC(=O)/C(=C/c1ccc(Cl)cc1)n1nnnc1N. The van der Waals surface area contributed by atoms with E-state index < -0.39 is 5.97 Å². The molecule has 0 atom stereocenters. The van der Waals surface area contributed by atoms with E-state index in [2.05, 4.69) is 20.3 Å². The molecule has 0 aliphatic rings. The lowest BCUT2D eigenvalue weighted by molar-refractivity contribution is -0.134. The Morgan fingerprint density at radius 1 is 1.42 bits per heavy atom. The molecule has 0 fully saturated rings. The van der Waals surface area contributed by atoms with E-state index in [4.69, 9.17) is 17.3 Å². The Kier molecular flexibility index (Phi) is 3.76. The van der Waals surface area contributed by atoms with Crippen molar-refractivity contribution >= 4 is 35.3 Å². The zero-order chi connectivity index (χ0) is 13.8. The summed E-state index contributed by atoms with van der Waals surface area (Å²) in [5.41, 5.74) is 6.41. The largest absolute Gasteiger partial charge is 0.464 e. The topological polar surface area (TPSA) is 95.9 Å². The second-order valence-electron chi connectivity index (χ2n) is 3.52. The number of ether oxygens (including phenoxy) is 1. The van der Waals surface area contributed by atoms with Gasteiger partial charge >= 0.3 is 5.97 Å². The highest BCUT2D eigenvalue weighted by atomic mass is 35.5. The van der Waals surface area contributed by atoms with Crippen molar-refractivity contribution in [2.45, 2.75) is 0 Å². The molecule has 1 aromatic heterocycles. The Labute approximate surface area is 113 Å². The molecule has 0 unspecified atom stereocenters. The number of nitrogen functional groups attached to an aromatic ring is 1. The predicted molar refractivity (Wildman–Crippen MR) is 69.9 cm³/mol. The number of methoxy groups -OCH3 is 1. The molecule has 0 bridgehead atoms. The van der Waals surface area contributed by atoms with Gasteiger partial charge in [-0.3, -0.25) is 0 Å². The molecule has 7 nitrogen and oxygen atoms in total. The molecule has 0 saturated heterocycles. The number of tetrazole rings is 1. The number of hydrogen-bond acceptors (Lipinski definition) is 6. The van der Waals surface area contributed by atoms with Gasteiger partial charge in [-0.05, 0) is 34.2 Å². The van der Waals surface area contributed by atoms with Crippen LogP contribution in [-0.4, -0.2) is 33.3 Å². The van der Waals surface area contributed by atoms with Crippen LogP contribution in [0.25, 0.3) is 11.8 Å². The molecular weight excluding hydrogens is 270 g/mol. The molecule has 0 aliphatic heterocycles. The average Bonchev–Trinajstić information content (AvgIpc) is 2.83. The Morgan fingerprint density at radius 2 is 2.11 bits per heavy atom. The van der Waals surface area contributed by atoms with Crippen LogP contribution in [0.3, 0.4) is 0 Å². The van der Waals surface area contributed by atoms with Crippen LogP contribution in [0.4, 0.5) is 5.95 Å². The van der Waals surface area contributed by atoms with Crippen LogP contribution in [0, 0.1) is 0 Å². The minimum Gasteiger partial charge on any atom is -0.464 e. The summed E-state index contributed by atoms with van der Waals surface area (Å²) in [5, 5.41) is 11.1. The first-order valence-corrected chi connectivity index (χ1v) is 5.59. The number of anilines is 1. The fourth-order valence-electron chi connectivity index (χ4n) is 1.39. The van der Waals surface area contributed by atoms with Crippen molar-refractivity contribution in [1.82, 2.24) is 20.2 Å². The van der Waals surface area contributed by atoms with E-state index in [0.29, 0.717) is 5.02 Å². The Bertz CT molecular complexity index is 620. The van der Waals surface area contributed by atoms with Gasteiger partial charge < -0.3 is 10.5 Å². The van der Waals surface area contributed by atoms with Crippen molar-refractivity contribution in [3.8, 4) is 0 Å². The van der Waals surface area contributed by atoms with Crippen LogP contribution in [0.5, 0.6) is 0 Å². The molecule has 2 rings (SSSR count). The Morgan fingerprint density at radius 3 is 2.63 bits per heavy atom. The third-order valence-electron chi connectivity index (χ3n) is 2.29. The maximum absolute atomic E-state index is 11.7. The molecule has 0 radical (unpaired) electrons.